The van der Waals surface area contributed by atoms with Crippen LogP contribution in [-0.2, 0) is 16.8 Å². The lowest BCUT2D eigenvalue weighted by Crippen LogP contribution is -2.30. The molecule has 2 N–H and O–H groups in total. The van der Waals surface area contributed by atoms with Crippen molar-refractivity contribution in [3.63, 3.8) is 0 Å². The van der Waals surface area contributed by atoms with Crippen molar-refractivity contribution in [1.82, 2.24) is 4.98 Å². The van der Waals surface area contributed by atoms with Crippen LogP contribution in [0.25, 0.3) is 0 Å². The highest BCUT2D eigenvalue weighted by Crippen LogP contribution is 2.39. The first-order chi connectivity index (χ1) is 9.57. The van der Waals surface area contributed by atoms with Gasteiger partial charge in [0.05, 0.1) is 24.1 Å². The lowest BCUT2D eigenvalue weighted by atomic mass is 9.80. The number of ether oxygens (including phenoxy) is 1. The van der Waals surface area contributed by atoms with Crippen molar-refractivity contribution in [2.45, 2.75) is 51.0 Å². The van der Waals surface area contributed by atoms with E-state index in [1.807, 2.05) is 6.92 Å². The summed E-state index contributed by atoms with van der Waals surface area (Å²) in [5.74, 6) is -0.536. The zero-order valence-corrected chi connectivity index (χ0v) is 12.0. The second kappa shape index (κ2) is 5.79. The number of carbonyl (C=O) groups is 2. The minimum atomic E-state index is -0.965. The molecule has 2 rings (SSSR count). The van der Waals surface area contributed by atoms with Gasteiger partial charge in [-0.15, -0.1) is 0 Å². The quantitative estimate of drug-likeness (QED) is 0.655. The molecule has 1 heterocycles. The SMILES string of the molecule is CCc1c(C2(O)CCCCC2)[nH]c(C=O)c1C(=O)OC. The van der Waals surface area contributed by atoms with Crippen LogP contribution in [0.3, 0.4) is 0 Å². The van der Waals surface area contributed by atoms with Crippen molar-refractivity contribution >= 4 is 12.3 Å². The third kappa shape index (κ3) is 2.38. The maximum Gasteiger partial charge on any atom is 0.340 e. The van der Waals surface area contributed by atoms with E-state index in [9.17, 15) is 14.7 Å². The summed E-state index contributed by atoms with van der Waals surface area (Å²) in [6, 6.07) is 0. The third-order valence-electron chi connectivity index (χ3n) is 4.14. The summed E-state index contributed by atoms with van der Waals surface area (Å²) >= 11 is 0. The summed E-state index contributed by atoms with van der Waals surface area (Å²) in [6.45, 7) is 1.90. The van der Waals surface area contributed by atoms with E-state index in [0.717, 1.165) is 19.3 Å². The largest absolute Gasteiger partial charge is 0.465 e. The maximum absolute atomic E-state index is 11.9. The zero-order chi connectivity index (χ0) is 14.8. The lowest BCUT2D eigenvalue weighted by Gasteiger charge is -2.32. The Labute approximate surface area is 118 Å². The Morgan fingerprint density at radius 1 is 1.40 bits per heavy atom. The van der Waals surface area contributed by atoms with E-state index >= 15 is 0 Å². The molecule has 1 aliphatic carbocycles. The standard InChI is InChI=1S/C15H21NO4/c1-3-10-12(14(18)20-2)11(9-17)16-13(10)15(19)7-5-4-6-8-15/h9,16,19H,3-8H2,1-2H3. The van der Waals surface area contributed by atoms with Crippen LogP contribution in [0.4, 0.5) is 0 Å². The van der Waals surface area contributed by atoms with Gasteiger partial charge in [-0.3, -0.25) is 4.79 Å². The van der Waals surface area contributed by atoms with Gasteiger partial charge in [0.2, 0.25) is 0 Å². The van der Waals surface area contributed by atoms with Crippen LogP contribution in [0.2, 0.25) is 0 Å². The van der Waals surface area contributed by atoms with Crippen molar-refractivity contribution in [1.29, 1.82) is 0 Å². The Morgan fingerprint density at radius 3 is 2.55 bits per heavy atom. The summed E-state index contributed by atoms with van der Waals surface area (Å²) < 4.78 is 4.76. The molecule has 1 fully saturated rings. The number of aliphatic hydroxyl groups is 1. The Balaban J connectivity index is 2.56. The number of aldehydes is 1. The van der Waals surface area contributed by atoms with E-state index in [4.69, 9.17) is 4.74 Å². The molecule has 5 heteroatoms. The number of hydrogen-bond acceptors (Lipinski definition) is 4. The van der Waals surface area contributed by atoms with Crippen molar-refractivity contribution in [2.24, 2.45) is 0 Å². The smallest absolute Gasteiger partial charge is 0.340 e. The van der Waals surface area contributed by atoms with Crippen LogP contribution < -0.4 is 0 Å². The molecule has 1 saturated carbocycles. The maximum atomic E-state index is 11.9. The first kappa shape index (κ1) is 14.8. The van der Waals surface area contributed by atoms with Gasteiger partial charge in [0, 0.05) is 0 Å². The topological polar surface area (TPSA) is 79.4 Å². The summed E-state index contributed by atoms with van der Waals surface area (Å²) in [5.41, 5.74) is 0.806. The monoisotopic (exact) mass is 279 g/mol. The third-order valence-corrected chi connectivity index (χ3v) is 4.14. The van der Waals surface area contributed by atoms with Gasteiger partial charge in [-0.05, 0) is 24.8 Å². The highest BCUT2D eigenvalue weighted by atomic mass is 16.5. The first-order valence-corrected chi connectivity index (χ1v) is 7.08. The van der Waals surface area contributed by atoms with Crippen molar-refractivity contribution in [3.05, 3.63) is 22.5 Å². The predicted molar refractivity (Wildman–Crippen MR) is 73.9 cm³/mol. The van der Waals surface area contributed by atoms with Crippen LogP contribution in [-0.4, -0.2) is 29.5 Å². The summed E-state index contributed by atoms with van der Waals surface area (Å²) in [6.07, 6.45) is 5.48. The van der Waals surface area contributed by atoms with E-state index in [1.54, 1.807) is 0 Å². The molecular formula is C15H21NO4. The van der Waals surface area contributed by atoms with Gasteiger partial charge in [0.15, 0.2) is 6.29 Å². The number of rotatable bonds is 4. The molecule has 110 valence electrons. The Hall–Kier alpha value is -1.62. The average molecular weight is 279 g/mol. The molecule has 0 bridgehead atoms. The highest BCUT2D eigenvalue weighted by Gasteiger charge is 2.37. The van der Waals surface area contributed by atoms with Gasteiger partial charge in [-0.2, -0.15) is 0 Å². The molecule has 1 aromatic rings. The second-order valence-corrected chi connectivity index (χ2v) is 5.32. The summed E-state index contributed by atoms with van der Waals surface area (Å²) in [5, 5.41) is 10.8. The molecule has 0 unspecified atom stereocenters. The Kier molecular flexibility index (Phi) is 4.28. The van der Waals surface area contributed by atoms with Crippen LogP contribution >= 0.6 is 0 Å². The van der Waals surface area contributed by atoms with Crippen LogP contribution in [0, 0.1) is 0 Å². The van der Waals surface area contributed by atoms with Gasteiger partial charge in [0.25, 0.3) is 0 Å². The number of nitrogens with one attached hydrogen (secondary N) is 1. The molecule has 0 spiro atoms. The zero-order valence-electron chi connectivity index (χ0n) is 12.0. The van der Waals surface area contributed by atoms with Gasteiger partial charge < -0.3 is 14.8 Å². The molecule has 20 heavy (non-hydrogen) atoms. The normalized spacial score (nSPS) is 17.8. The molecule has 0 amide bonds. The van der Waals surface area contributed by atoms with E-state index in [2.05, 4.69) is 4.98 Å². The van der Waals surface area contributed by atoms with E-state index in [-0.39, 0.29) is 11.3 Å². The van der Waals surface area contributed by atoms with Crippen LogP contribution in [0.5, 0.6) is 0 Å². The molecule has 1 aliphatic rings. The number of aromatic nitrogens is 1. The highest BCUT2D eigenvalue weighted by molar-refractivity contribution is 5.99. The summed E-state index contributed by atoms with van der Waals surface area (Å²) in [4.78, 5) is 26.0. The number of H-pyrrole nitrogens is 1. The van der Waals surface area contributed by atoms with Crippen LogP contribution in [0.15, 0.2) is 0 Å². The molecule has 0 radical (unpaired) electrons. The van der Waals surface area contributed by atoms with Gasteiger partial charge in [0.1, 0.15) is 5.60 Å². The number of carbonyl (C=O) groups excluding carboxylic acids is 2. The summed E-state index contributed by atoms with van der Waals surface area (Å²) in [7, 11) is 1.29. The van der Waals surface area contributed by atoms with Crippen molar-refractivity contribution in [2.75, 3.05) is 7.11 Å². The van der Waals surface area contributed by atoms with Crippen LogP contribution in [0.1, 0.15) is 71.1 Å². The Morgan fingerprint density at radius 2 is 2.05 bits per heavy atom. The molecule has 5 nitrogen and oxygen atoms in total. The van der Waals surface area contributed by atoms with E-state index < -0.39 is 11.6 Å². The van der Waals surface area contributed by atoms with Crippen molar-refractivity contribution in [3.8, 4) is 0 Å². The second-order valence-electron chi connectivity index (χ2n) is 5.32. The molecular weight excluding hydrogens is 258 g/mol. The predicted octanol–water partition coefficient (Wildman–Crippen LogP) is 2.33. The molecule has 1 aromatic heterocycles. The fourth-order valence-corrected chi connectivity index (χ4v) is 3.12. The van der Waals surface area contributed by atoms with E-state index in [1.165, 1.54) is 7.11 Å². The lowest BCUT2D eigenvalue weighted by molar-refractivity contribution is -0.00497. The van der Waals surface area contributed by atoms with Gasteiger partial charge >= 0.3 is 5.97 Å². The number of esters is 1. The fourth-order valence-electron chi connectivity index (χ4n) is 3.12. The van der Waals surface area contributed by atoms with Gasteiger partial charge in [-0.1, -0.05) is 26.2 Å². The number of hydrogen-bond donors (Lipinski definition) is 2. The number of aromatic amines is 1. The first-order valence-electron chi connectivity index (χ1n) is 7.08. The minimum absolute atomic E-state index is 0.197. The molecule has 0 atom stereocenters. The molecule has 0 aliphatic heterocycles. The van der Waals surface area contributed by atoms with E-state index in [0.29, 0.717) is 36.8 Å². The Bertz CT molecular complexity index is 512. The molecule has 0 aromatic carbocycles. The number of methoxy groups -OCH3 is 1. The minimum Gasteiger partial charge on any atom is -0.465 e. The van der Waals surface area contributed by atoms with Gasteiger partial charge in [-0.25, -0.2) is 4.79 Å². The molecule has 0 saturated heterocycles. The average Bonchev–Trinajstić information content (AvgIpc) is 2.86. The van der Waals surface area contributed by atoms with Crippen molar-refractivity contribution < 1.29 is 19.4 Å². The fraction of sp³-hybridized carbons (Fsp3) is 0.600.